The van der Waals surface area contributed by atoms with Crippen molar-refractivity contribution in [3.63, 3.8) is 0 Å². The number of aromatic nitrogens is 4. The first-order valence-corrected chi connectivity index (χ1v) is 8.83. The Balaban J connectivity index is 1.64. The smallest absolute Gasteiger partial charge is 0.259 e. The predicted molar refractivity (Wildman–Crippen MR) is 97.0 cm³/mol. The van der Waals surface area contributed by atoms with Crippen LogP contribution in [0.2, 0.25) is 0 Å². The molecule has 1 N–H and O–H groups in total. The molecular weight excluding hydrogens is 320 g/mol. The highest BCUT2D eigenvalue weighted by molar-refractivity contribution is 7.12. The average Bonchev–Trinajstić information content (AvgIpc) is 2.94. The summed E-state index contributed by atoms with van der Waals surface area (Å²) in [6.07, 6.45) is 10.2. The number of fused-ring (bicyclic) bond motifs is 2. The highest BCUT2D eigenvalue weighted by Gasteiger charge is 2.27. The van der Waals surface area contributed by atoms with Crippen molar-refractivity contribution < 1.29 is 0 Å². The van der Waals surface area contributed by atoms with Crippen LogP contribution >= 0.6 is 11.3 Å². The topological polar surface area (TPSA) is 71.5 Å². The number of aryl methyl sites for hydroxylation is 1. The van der Waals surface area contributed by atoms with Crippen LogP contribution in [0.3, 0.4) is 0 Å². The van der Waals surface area contributed by atoms with Gasteiger partial charge in [-0.3, -0.25) is 9.78 Å². The SMILES string of the molecule is CC1(C)CCc2nc(C=Cc3nc4cnccc4c(=O)[nH]3)sc2C1. The highest BCUT2D eigenvalue weighted by atomic mass is 32.1. The van der Waals surface area contributed by atoms with Crippen LogP contribution in [0.1, 0.15) is 41.7 Å². The van der Waals surface area contributed by atoms with E-state index < -0.39 is 0 Å². The molecule has 0 saturated carbocycles. The summed E-state index contributed by atoms with van der Waals surface area (Å²) in [4.78, 5) is 29.4. The lowest BCUT2D eigenvalue weighted by Gasteiger charge is -2.28. The molecule has 0 bridgehead atoms. The molecule has 3 aromatic heterocycles. The van der Waals surface area contributed by atoms with Gasteiger partial charge >= 0.3 is 0 Å². The molecule has 1 aliphatic rings. The monoisotopic (exact) mass is 338 g/mol. The van der Waals surface area contributed by atoms with Crippen molar-refractivity contribution >= 4 is 34.4 Å². The van der Waals surface area contributed by atoms with Crippen molar-refractivity contribution in [1.29, 1.82) is 0 Å². The van der Waals surface area contributed by atoms with Crippen LogP contribution in [-0.4, -0.2) is 19.9 Å². The standard InChI is InChI=1S/C18H18N4OS/c1-18(2)7-5-12-14(9-18)24-16(21-12)4-3-15-20-13-10-19-8-6-11(13)17(23)22-15/h3-4,6,8,10H,5,7,9H2,1-2H3,(H,20,22,23). The maximum Gasteiger partial charge on any atom is 0.259 e. The Hall–Kier alpha value is -2.34. The largest absolute Gasteiger partial charge is 0.306 e. The first kappa shape index (κ1) is 15.2. The van der Waals surface area contributed by atoms with Gasteiger partial charge in [0.05, 0.1) is 22.8 Å². The van der Waals surface area contributed by atoms with Crippen LogP contribution in [0.5, 0.6) is 0 Å². The molecule has 0 radical (unpaired) electrons. The Morgan fingerprint density at radius 3 is 3.04 bits per heavy atom. The Bertz CT molecular complexity index is 1000. The lowest BCUT2D eigenvalue weighted by atomic mass is 9.79. The fourth-order valence-electron chi connectivity index (χ4n) is 3.03. The van der Waals surface area contributed by atoms with Crippen molar-refractivity contribution in [3.8, 4) is 0 Å². The lowest BCUT2D eigenvalue weighted by molar-refractivity contribution is 0.316. The van der Waals surface area contributed by atoms with Crippen molar-refractivity contribution in [3.05, 3.63) is 50.2 Å². The molecule has 0 atom stereocenters. The quantitative estimate of drug-likeness (QED) is 0.777. The minimum absolute atomic E-state index is 0.151. The van der Waals surface area contributed by atoms with Gasteiger partial charge in [0.25, 0.3) is 5.56 Å². The number of hydrogen-bond donors (Lipinski definition) is 1. The van der Waals surface area contributed by atoms with Gasteiger partial charge in [-0.25, -0.2) is 9.97 Å². The summed E-state index contributed by atoms with van der Waals surface area (Å²) in [5.74, 6) is 0.522. The number of rotatable bonds is 2. The average molecular weight is 338 g/mol. The molecule has 3 aromatic rings. The molecule has 4 rings (SSSR count). The fraction of sp³-hybridized carbons (Fsp3) is 0.333. The predicted octanol–water partition coefficient (Wildman–Crippen LogP) is 3.46. The Kier molecular flexibility index (Phi) is 3.57. The molecule has 0 unspecified atom stereocenters. The normalized spacial score (nSPS) is 16.6. The molecule has 0 aliphatic heterocycles. The van der Waals surface area contributed by atoms with Gasteiger partial charge in [0.1, 0.15) is 10.8 Å². The van der Waals surface area contributed by atoms with Gasteiger partial charge in [-0.1, -0.05) is 13.8 Å². The maximum absolute atomic E-state index is 12.1. The highest BCUT2D eigenvalue weighted by Crippen LogP contribution is 2.37. The summed E-state index contributed by atoms with van der Waals surface area (Å²) in [5.41, 5.74) is 2.03. The van der Waals surface area contributed by atoms with Crippen molar-refractivity contribution in [2.24, 2.45) is 5.41 Å². The summed E-state index contributed by atoms with van der Waals surface area (Å²) in [6.45, 7) is 4.62. The van der Waals surface area contributed by atoms with Crippen LogP contribution < -0.4 is 5.56 Å². The van der Waals surface area contributed by atoms with Crippen LogP contribution in [0, 0.1) is 5.41 Å². The van der Waals surface area contributed by atoms with E-state index in [-0.39, 0.29) is 5.56 Å². The van der Waals surface area contributed by atoms with E-state index in [1.54, 1.807) is 29.8 Å². The molecule has 0 fully saturated rings. The summed E-state index contributed by atoms with van der Waals surface area (Å²) in [5, 5.41) is 1.51. The second-order valence-electron chi connectivity index (χ2n) is 6.94. The zero-order chi connectivity index (χ0) is 16.7. The first-order valence-electron chi connectivity index (χ1n) is 8.01. The summed E-state index contributed by atoms with van der Waals surface area (Å²) in [7, 11) is 0. The number of H-pyrrole nitrogens is 1. The minimum Gasteiger partial charge on any atom is -0.306 e. The molecule has 1 aliphatic carbocycles. The number of thiazole rings is 1. The molecule has 0 saturated heterocycles. The van der Waals surface area contributed by atoms with Crippen LogP contribution in [-0.2, 0) is 12.8 Å². The van der Waals surface area contributed by atoms with Crippen molar-refractivity contribution in [2.75, 3.05) is 0 Å². The number of pyridine rings is 1. The molecular formula is C18H18N4OS. The summed E-state index contributed by atoms with van der Waals surface area (Å²) >= 11 is 1.73. The molecule has 0 aromatic carbocycles. The van der Waals surface area contributed by atoms with Crippen LogP contribution in [0.15, 0.2) is 23.3 Å². The minimum atomic E-state index is -0.151. The van der Waals surface area contributed by atoms with Gasteiger partial charge in [0.2, 0.25) is 0 Å². The van der Waals surface area contributed by atoms with E-state index >= 15 is 0 Å². The van der Waals surface area contributed by atoms with Gasteiger partial charge in [-0.05, 0) is 42.9 Å². The van der Waals surface area contributed by atoms with E-state index in [0.717, 1.165) is 17.8 Å². The van der Waals surface area contributed by atoms with E-state index in [1.165, 1.54) is 17.0 Å². The molecule has 122 valence electrons. The Morgan fingerprint density at radius 1 is 1.29 bits per heavy atom. The zero-order valence-corrected chi connectivity index (χ0v) is 14.5. The number of hydrogen-bond acceptors (Lipinski definition) is 5. The first-order chi connectivity index (χ1) is 11.5. The molecule has 6 heteroatoms. The van der Waals surface area contributed by atoms with Gasteiger partial charge in [0.15, 0.2) is 0 Å². The van der Waals surface area contributed by atoms with E-state index in [1.807, 2.05) is 12.2 Å². The van der Waals surface area contributed by atoms with Crippen molar-refractivity contribution in [2.45, 2.75) is 33.1 Å². The van der Waals surface area contributed by atoms with Gasteiger partial charge < -0.3 is 4.98 Å². The van der Waals surface area contributed by atoms with Gasteiger partial charge in [0, 0.05) is 11.1 Å². The van der Waals surface area contributed by atoms with Gasteiger partial charge in [-0.2, -0.15) is 0 Å². The fourth-order valence-corrected chi connectivity index (χ4v) is 4.30. The Labute approximate surface area is 143 Å². The molecule has 5 nitrogen and oxygen atoms in total. The maximum atomic E-state index is 12.1. The lowest BCUT2D eigenvalue weighted by Crippen LogP contribution is -2.20. The number of nitrogens with zero attached hydrogens (tertiary/aromatic N) is 3. The third-order valence-electron chi connectivity index (χ3n) is 4.38. The van der Waals surface area contributed by atoms with E-state index in [2.05, 4.69) is 28.8 Å². The van der Waals surface area contributed by atoms with Crippen molar-refractivity contribution in [1.82, 2.24) is 19.9 Å². The number of aromatic amines is 1. The summed E-state index contributed by atoms with van der Waals surface area (Å²) in [6, 6.07) is 1.67. The van der Waals surface area contributed by atoms with Crippen LogP contribution in [0.25, 0.3) is 23.1 Å². The second-order valence-corrected chi connectivity index (χ2v) is 8.06. The third-order valence-corrected chi connectivity index (χ3v) is 5.45. The molecule has 0 amide bonds. The van der Waals surface area contributed by atoms with E-state index in [4.69, 9.17) is 4.98 Å². The van der Waals surface area contributed by atoms with E-state index in [9.17, 15) is 4.79 Å². The molecule has 3 heterocycles. The van der Waals surface area contributed by atoms with Crippen LogP contribution in [0.4, 0.5) is 0 Å². The van der Waals surface area contributed by atoms with E-state index in [0.29, 0.717) is 22.1 Å². The molecule has 0 spiro atoms. The zero-order valence-electron chi connectivity index (χ0n) is 13.7. The summed E-state index contributed by atoms with van der Waals surface area (Å²) < 4.78 is 0. The third kappa shape index (κ3) is 2.89. The Morgan fingerprint density at radius 2 is 2.17 bits per heavy atom. The number of nitrogens with one attached hydrogen (secondary N) is 1. The molecule has 24 heavy (non-hydrogen) atoms. The van der Waals surface area contributed by atoms with Gasteiger partial charge in [-0.15, -0.1) is 11.3 Å². The second kappa shape index (κ2) is 5.63.